The zero-order valence-electron chi connectivity index (χ0n) is 14.5. The Labute approximate surface area is 158 Å². The van der Waals surface area contributed by atoms with Crippen molar-refractivity contribution in [3.63, 3.8) is 0 Å². The first-order valence-corrected chi connectivity index (χ1v) is 9.31. The lowest BCUT2D eigenvalue weighted by atomic mass is 10.0. The van der Waals surface area contributed by atoms with Crippen LogP contribution in [0.2, 0.25) is 0 Å². The molecule has 2 aromatic carbocycles. The molecule has 27 heavy (non-hydrogen) atoms. The van der Waals surface area contributed by atoms with Gasteiger partial charge in [0.1, 0.15) is 22.9 Å². The Hall–Kier alpha value is -2.80. The molecule has 1 amide bonds. The Bertz CT molecular complexity index is 1010. The van der Waals surface area contributed by atoms with E-state index in [2.05, 4.69) is 10.3 Å². The number of thiazole rings is 1. The maximum atomic E-state index is 13.8. The van der Waals surface area contributed by atoms with Crippen LogP contribution in [0, 0.1) is 11.6 Å². The van der Waals surface area contributed by atoms with E-state index in [-0.39, 0.29) is 0 Å². The van der Waals surface area contributed by atoms with Crippen molar-refractivity contribution < 1.29 is 18.3 Å². The number of amides is 1. The number of methoxy groups -OCH3 is 1. The van der Waals surface area contributed by atoms with Gasteiger partial charge in [-0.05, 0) is 49.1 Å². The maximum Gasteiger partial charge on any atom is 0.263 e. The van der Waals surface area contributed by atoms with Gasteiger partial charge in [-0.15, -0.1) is 0 Å². The fraction of sp³-hybridized carbons (Fsp3) is 0.200. The number of carbonyl (C=O) groups is 1. The van der Waals surface area contributed by atoms with Crippen LogP contribution in [-0.4, -0.2) is 18.0 Å². The van der Waals surface area contributed by atoms with Crippen LogP contribution in [0.5, 0.6) is 5.75 Å². The minimum atomic E-state index is -0.902. The third-order valence-corrected chi connectivity index (χ3v) is 5.58. The van der Waals surface area contributed by atoms with E-state index in [0.29, 0.717) is 5.13 Å². The number of fused-ring (bicyclic) bond motifs is 3. The number of aromatic nitrogens is 1. The minimum Gasteiger partial charge on any atom is -0.497 e. The van der Waals surface area contributed by atoms with Crippen LogP contribution in [0.3, 0.4) is 0 Å². The Balaban J connectivity index is 1.69. The van der Waals surface area contributed by atoms with Crippen LogP contribution in [0.4, 0.5) is 13.9 Å². The number of ether oxygens (including phenoxy) is 1. The van der Waals surface area contributed by atoms with Crippen molar-refractivity contribution >= 4 is 22.4 Å². The van der Waals surface area contributed by atoms with E-state index >= 15 is 0 Å². The van der Waals surface area contributed by atoms with Crippen LogP contribution in [0.15, 0.2) is 36.4 Å². The van der Waals surface area contributed by atoms with Gasteiger partial charge in [0.25, 0.3) is 5.91 Å². The summed E-state index contributed by atoms with van der Waals surface area (Å²) in [6.45, 7) is 0. The minimum absolute atomic E-state index is 0.323. The van der Waals surface area contributed by atoms with Crippen molar-refractivity contribution in [2.75, 3.05) is 12.4 Å². The monoisotopic (exact) mass is 386 g/mol. The molecule has 0 saturated heterocycles. The third-order valence-electron chi connectivity index (χ3n) is 4.53. The van der Waals surface area contributed by atoms with Gasteiger partial charge in [-0.3, -0.25) is 10.1 Å². The van der Waals surface area contributed by atoms with Gasteiger partial charge in [-0.25, -0.2) is 13.8 Å². The standard InChI is InChI=1S/C20H16F2N2O2S/c1-26-12-9-8-11-4-2-7-16-18(13(11)10-12)27-20(23-16)24-19(25)17-14(21)5-3-6-15(17)22/h3,5-6,8-10H,2,4,7H2,1H3,(H,23,24,25). The number of hydrogen-bond acceptors (Lipinski definition) is 4. The molecule has 0 radical (unpaired) electrons. The summed E-state index contributed by atoms with van der Waals surface area (Å²) < 4.78 is 33.0. The number of halogens is 2. The molecule has 1 aromatic heterocycles. The van der Waals surface area contributed by atoms with Gasteiger partial charge in [0, 0.05) is 5.56 Å². The first kappa shape index (κ1) is 17.6. The predicted molar refractivity (Wildman–Crippen MR) is 100 cm³/mol. The van der Waals surface area contributed by atoms with E-state index in [0.717, 1.165) is 53.3 Å². The second kappa shape index (κ2) is 7.08. The molecule has 0 saturated carbocycles. The van der Waals surface area contributed by atoms with Crippen molar-refractivity contribution in [2.45, 2.75) is 19.3 Å². The van der Waals surface area contributed by atoms with Gasteiger partial charge in [0.2, 0.25) is 0 Å². The zero-order valence-corrected chi connectivity index (χ0v) is 15.3. The number of nitrogens with one attached hydrogen (secondary N) is 1. The van der Waals surface area contributed by atoms with Crippen LogP contribution in [0.1, 0.15) is 28.0 Å². The SMILES string of the molecule is COc1ccc2c(c1)-c1sc(NC(=O)c3c(F)cccc3F)nc1CCC2. The Kier molecular flexibility index (Phi) is 4.61. The van der Waals surface area contributed by atoms with Crippen LogP contribution in [0.25, 0.3) is 10.4 Å². The van der Waals surface area contributed by atoms with Gasteiger partial charge in [-0.1, -0.05) is 23.5 Å². The molecule has 1 aliphatic carbocycles. The second-order valence-electron chi connectivity index (χ2n) is 6.22. The number of nitrogens with zero attached hydrogens (tertiary/aromatic N) is 1. The van der Waals surface area contributed by atoms with E-state index < -0.39 is 23.1 Å². The highest BCUT2D eigenvalue weighted by atomic mass is 32.1. The number of carbonyl (C=O) groups excluding carboxylic acids is 1. The molecule has 1 N–H and O–H groups in total. The van der Waals surface area contributed by atoms with E-state index in [1.807, 2.05) is 18.2 Å². The molecule has 0 bridgehead atoms. The number of rotatable bonds is 3. The molecule has 138 valence electrons. The predicted octanol–water partition coefficient (Wildman–Crippen LogP) is 4.84. The molecule has 0 unspecified atom stereocenters. The fourth-order valence-corrected chi connectivity index (χ4v) is 4.28. The summed E-state index contributed by atoms with van der Waals surface area (Å²) in [5, 5.41) is 2.86. The lowest BCUT2D eigenvalue weighted by Gasteiger charge is -2.08. The van der Waals surface area contributed by atoms with Gasteiger partial charge >= 0.3 is 0 Å². The van der Waals surface area contributed by atoms with Gasteiger partial charge in [0.15, 0.2) is 5.13 Å². The van der Waals surface area contributed by atoms with Crippen molar-refractivity contribution in [1.82, 2.24) is 4.98 Å². The largest absolute Gasteiger partial charge is 0.497 e. The summed E-state index contributed by atoms with van der Waals surface area (Å²) in [4.78, 5) is 17.8. The molecular formula is C20H16F2N2O2S. The molecule has 0 fully saturated rings. The lowest BCUT2D eigenvalue weighted by molar-refractivity contribution is 0.101. The van der Waals surface area contributed by atoms with E-state index in [1.54, 1.807) is 7.11 Å². The molecular weight excluding hydrogens is 370 g/mol. The molecule has 0 atom stereocenters. The fourth-order valence-electron chi connectivity index (χ4n) is 3.22. The number of aryl methyl sites for hydroxylation is 2. The molecule has 1 aliphatic rings. The van der Waals surface area contributed by atoms with Crippen LogP contribution >= 0.6 is 11.3 Å². The van der Waals surface area contributed by atoms with Gasteiger partial charge in [-0.2, -0.15) is 0 Å². The summed E-state index contributed by atoms with van der Waals surface area (Å²) in [6, 6.07) is 9.25. The first-order valence-electron chi connectivity index (χ1n) is 8.49. The molecule has 4 rings (SSSR count). The molecule has 0 spiro atoms. The number of benzene rings is 2. The highest BCUT2D eigenvalue weighted by Gasteiger charge is 2.23. The first-order chi connectivity index (χ1) is 13.1. The number of anilines is 1. The van der Waals surface area contributed by atoms with Crippen LogP contribution in [-0.2, 0) is 12.8 Å². The molecule has 4 nitrogen and oxygen atoms in total. The van der Waals surface area contributed by atoms with E-state index in [9.17, 15) is 13.6 Å². The Morgan fingerprint density at radius 2 is 1.96 bits per heavy atom. The Morgan fingerprint density at radius 3 is 2.70 bits per heavy atom. The third kappa shape index (κ3) is 3.30. The zero-order chi connectivity index (χ0) is 19.0. The molecule has 3 aromatic rings. The lowest BCUT2D eigenvalue weighted by Crippen LogP contribution is -2.15. The normalized spacial score (nSPS) is 12.7. The summed E-state index contributed by atoms with van der Waals surface area (Å²) >= 11 is 1.30. The van der Waals surface area contributed by atoms with Gasteiger partial charge < -0.3 is 4.74 Å². The second-order valence-corrected chi connectivity index (χ2v) is 7.22. The van der Waals surface area contributed by atoms with Crippen LogP contribution < -0.4 is 10.1 Å². The smallest absolute Gasteiger partial charge is 0.263 e. The van der Waals surface area contributed by atoms with Crippen molar-refractivity contribution in [3.8, 4) is 16.2 Å². The van der Waals surface area contributed by atoms with Crippen molar-refractivity contribution in [1.29, 1.82) is 0 Å². The Morgan fingerprint density at radius 1 is 1.19 bits per heavy atom. The van der Waals surface area contributed by atoms with Crippen molar-refractivity contribution in [2.24, 2.45) is 0 Å². The molecule has 7 heteroatoms. The van der Waals surface area contributed by atoms with Crippen molar-refractivity contribution in [3.05, 3.63) is 64.9 Å². The van der Waals surface area contributed by atoms with Gasteiger partial charge in [0.05, 0.1) is 17.7 Å². The highest BCUT2D eigenvalue weighted by molar-refractivity contribution is 7.19. The highest BCUT2D eigenvalue weighted by Crippen LogP contribution is 2.40. The number of hydrogen-bond donors (Lipinski definition) is 1. The molecule has 0 aliphatic heterocycles. The van der Waals surface area contributed by atoms with E-state index in [1.165, 1.54) is 23.0 Å². The quantitative estimate of drug-likeness (QED) is 0.701. The average Bonchev–Trinajstić information content (AvgIpc) is 2.96. The average molecular weight is 386 g/mol. The maximum absolute atomic E-state index is 13.8. The summed E-state index contributed by atoms with van der Waals surface area (Å²) in [7, 11) is 1.61. The summed E-state index contributed by atoms with van der Waals surface area (Å²) in [5.41, 5.74) is 2.48. The summed E-state index contributed by atoms with van der Waals surface area (Å²) in [6.07, 6.45) is 2.64. The van der Waals surface area contributed by atoms with E-state index in [4.69, 9.17) is 4.74 Å². The molecule has 1 heterocycles. The topological polar surface area (TPSA) is 51.2 Å². The summed E-state index contributed by atoms with van der Waals surface area (Å²) in [5.74, 6) is -1.91.